The number of hydrogen-bond acceptors (Lipinski definition) is 7. The minimum absolute atomic E-state index is 0.270. The van der Waals surface area contributed by atoms with Gasteiger partial charge in [-0.15, -0.1) is 0 Å². The molecule has 2 aromatic heterocycles. The summed E-state index contributed by atoms with van der Waals surface area (Å²) < 4.78 is 14.9. The van der Waals surface area contributed by atoms with E-state index >= 15 is 0 Å². The number of para-hydroxylation sites is 1. The molecule has 3 rings (SSSR count). The normalized spacial score (nSPS) is 10.5. The molecule has 2 heterocycles. The summed E-state index contributed by atoms with van der Waals surface area (Å²) in [5.74, 6) is 1.94. The number of nitrogens with zero attached hydrogens (tertiary/aromatic N) is 3. The highest BCUT2D eigenvalue weighted by molar-refractivity contribution is 5.86. The first kappa shape index (κ1) is 12.2. The average molecular weight is 272 g/mol. The first-order valence-electron chi connectivity index (χ1n) is 5.89. The molecule has 0 spiro atoms. The van der Waals surface area contributed by atoms with Crippen molar-refractivity contribution in [3.63, 3.8) is 0 Å². The van der Waals surface area contributed by atoms with Crippen molar-refractivity contribution in [2.24, 2.45) is 0 Å². The molecule has 0 bridgehead atoms. The van der Waals surface area contributed by atoms with Gasteiger partial charge in [-0.1, -0.05) is 12.1 Å². The molecule has 0 atom stereocenters. The number of hydrogen-bond donors (Lipinski definition) is 1. The van der Waals surface area contributed by atoms with Crippen LogP contribution in [0.4, 0.5) is 11.6 Å². The van der Waals surface area contributed by atoms with Crippen LogP contribution in [0.25, 0.3) is 10.9 Å². The molecule has 1 aromatic carbocycles. The molecule has 0 saturated carbocycles. The number of ether oxygens (including phenoxy) is 2. The summed E-state index contributed by atoms with van der Waals surface area (Å²) >= 11 is 0. The standard InChI is InChI=1S/C13H12N4O3/c1-18-9-5-3-4-8-6-7-10(14-11(8)9)15-12-13(19-2)17-20-16-12/h3-7H,1-2H3,(H,14,15,16). The van der Waals surface area contributed by atoms with Crippen molar-refractivity contribution in [2.45, 2.75) is 0 Å². The number of aromatic nitrogens is 3. The number of fused-ring (bicyclic) bond motifs is 1. The minimum atomic E-state index is 0.270. The fourth-order valence-electron chi connectivity index (χ4n) is 1.87. The van der Waals surface area contributed by atoms with Crippen LogP contribution in [0.5, 0.6) is 11.6 Å². The summed E-state index contributed by atoms with van der Waals surface area (Å²) in [6, 6.07) is 9.51. The lowest BCUT2D eigenvalue weighted by Crippen LogP contribution is -1.97. The fraction of sp³-hybridized carbons (Fsp3) is 0.154. The molecule has 102 valence electrons. The Morgan fingerprint density at radius 2 is 1.95 bits per heavy atom. The van der Waals surface area contributed by atoms with E-state index in [1.165, 1.54) is 7.11 Å². The predicted molar refractivity (Wildman–Crippen MR) is 72.4 cm³/mol. The SMILES string of the molecule is COc1nonc1Nc1ccc2cccc(OC)c2n1. The largest absolute Gasteiger partial charge is 0.494 e. The molecule has 0 aliphatic carbocycles. The third-order valence-electron chi connectivity index (χ3n) is 2.80. The molecule has 0 radical (unpaired) electrons. The molecule has 0 unspecified atom stereocenters. The Hall–Kier alpha value is -2.83. The van der Waals surface area contributed by atoms with Crippen LogP contribution in [0.2, 0.25) is 0 Å². The van der Waals surface area contributed by atoms with Crippen LogP contribution < -0.4 is 14.8 Å². The smallest absolute Gasteiger partial charge is 0.300 e. The second kappa shape index (κ2) is 5.04. The lowest BCUT2D eigenvalue weighted by Gasteiger charge is -2.07. The van der Waals surface area contributed by atoms with Crippen molar-refractivity contribution in [3.05, 3.63) is 30.3 Å². The van der Waals surface area contributed by atoms with Crippen molar-refractivity contribution in [2.75, 3.05) is 19.5 Å². The van der Waals surface area contributed by atoms with Crippen LogP contribution in [0.1, 0.15) is 0 Å². The molecular formula is C13H12N4O3. The van der Waals surface area contributed by atoms with E-state index in [1.54, 1.807) is 7.11 Å². The Morgan fingerprint density at radius 3 is 2.75 bits per heavy atom. The summed E-state index contributed by atoms with van der Waals surface area (Å²) in [7, 11) is 3.10. The Labute approximate surface area is 114 Å². The molecule has 0 aliphatic heterocycles. The zero-order valence-electron chi connectivity index (χ0n) is 11.0. The number of benzene rings is 1. The number of pyridine rings is 1. The van der Waals surface area contributed by atoms with Gasteiger partial charge >= 0.3 is 5.88 Å². The molecule has 3 aromatic rings. The van der Waals surface area contributed by atoms with E-state index in [0.717, 1.165) is 10.9 Å². The fourth-order valence-corrected chi connectivity index (χ4v) is 1.87. The third kappa shape index (κ3) is 2.09. The summed E-state index contributed by atoms with van der Waals surface area (Å²) in [5, 5.41) is 11.3. The van der Waals surface area contributed by atoms with Crippen molar-refractivity contribution in [1.29, 1.82) is 0 Å². The van der Waals surface area contributed by atoms with Gasteiger partial charge in [-0.3, -0.25) is 0 Å². The van der Waals surface area contributed by atoms with Crippen LogP contribution in [0.15, 0.2) is 35.0 Å². The monoisotopic (exact) mass is 272 g/mol. The summed E-state index contributed by atoms with van der Waals surface area (Å²) in [6.07, 6.45) is 0. The lowest BCUT2D eigenvalue weighted by atomic mass is 10.2. The van der Waals surface area contributed by atoms with Crippen LogP contribution >= 0.6 is 0 Å². The van der Waals surface area contributed by atoms with E-state index in [9.17, 15) is 0 Å². The first-order valence-corrected chi connectivity index (χ1v) is 5.89. The van der Waals surface area contributed by atoms with E-state index in [2.05, 4.69) is 25.2 Å². The second-order valence-electron chi connectivity index (χ2n) is 3.98. The summed E-state index contributed by atoms with van der Waals surface area (Å²) in [4.78, 5) is 4.50. The molecule has 0 saturated heterocycles. The van der Waals surface area contributed by atoms with Gasteiger partial charge in [0.05, 0.1) is 14.2 Å². The van der Waals surface area contributed by atoms with Gasteiger partial charge in [0.1, 0.15) is 17.1 Å². The first-order chi connectivity index (χ1) is 9.81. The maximum atomic E-state index is 5.30. The zero-order chi connectivity index (χ0) is 13.9. The highest BCUT2D eigenvalue weighted by Gasteiger charge is 2.11. The van der Waals surface area contributed by atoms with Crippen molar-refractivity contribution >= 4 is 22.5 Å². The van der Waals surface area contributed by atoms with Crippen LogP contribution in [-0.2, 0) is 0 Å². The van der Waals surface area contributed by atoms with Crippen molar-refractivity contribution in [1.82, 2.24) is 15.3 Å². The van der Waals surface area contributed by atoms with Crippen molar-refractivity contribution < 1.29 is 14.1 Å². The Bertz CT molecular complexity index is 741. The molecule has 0 fully saturated rings. The zero-order valence-corrected chi connectivity index (χ0v) is 11.0. The van der Waals surface area contributed by atoms with Crippen LogP contribution in [0.3, 0.4) is 0 Å². The Kier molecular flexibility index (Phi) is 3.08. The molecule has 7 heteroatoms. The number of anilines is 2. The third-order valence-corrected chi connectivity index (χ3v) is 2.80. The maximum absolute atomic E-state index is 5.30. The lowest BCUT2D eigenvalue weighted by molar-refractivity contribution is 0.282. The van der Waals surface area contributed by atoms with Gasteiger partial charge in [0.25, 0.3) is 0 Å². The Morgan fingerprint density at radius 1 is 1.05 bits per heavy atom. The second-order valence-corrected chi connectivity index (χ2v) is 3.98. The maximum Gasteiger partial charge on any atom is 0.300 e. The summed E-state index contributed by atoms with van der Waals surface area (Å²) in [6.45, 7) is 0. The predicted octanol–water partition coefficient (Wildman–Crippen LogP) is 2.38. The van der Waals surface area contributed by atoms with Gasteiger partial charge < -0.3 is 14.8 Å². The molecule has 0 amide bonds. The van der Waals surface area contributed by atoms with E-state index in [4.69, 9.17) is 9.47 Å². The van der Waals surface area contributed by atoms with Gasteiger partial charge in [-0.05, 0) is 28.5 Å². The number of nitrogens with one attached hydrogen (secondary N) is 1. The van der Waals surface area contributed by atoms with Gasteiger partial charge in [0.2, 0.25) is 5.82 Å². The van der Waals surface area contributed by atoms with E-state index in [0.29, 0.717) is 17.4 Å². The highest BCUT2D eigenvalue weighted by atomic mass is 16.6. The molecule has 1 N–H and O–H groups in total. The Balaban J connectivity index is 2.00. The van der Waals surface area contributed by atoms with E-state index in [1.807, 2.05) is 30.3 Å². The van der Waals surface area contributed by atoms with Gasteiger partial charge in [0.15, 0.2) is 0 Å². The van der Waals surface area contributed by atoms with Gasteiger partial charge in [-0.25, -0.2) is 9.61 Å². The van der Waals surface area contributed by atoms with E-state index < -0.39 is 0 Å². The summed E-state index contributed by atoms with van der Waals surface area (Å²) in [5.41, 5.74) is 0.760. The number of methoxy groups -OCH3 is 2. The molecule has 7 nitrogen and oxygen atoms in total. The molecule has 20 heavy (non-hydrogen) atoms. The quantitative estimate of drug-likeness (QED) is 0.780. The number of rotatable bonds is 4. The molecule has 0 aliphatic rings. The molecular weight excluding hydrogens is 260 g/mol. The topological polar surface area (TPSA) is 82.3 Å². The minimum Gasteiger partial charge on any atom is -0.494 e. The van der Waals surface area contributed by atoms with Crippen LogP contribution in [-0.4, -0.2) is 29.5 Å². The van der Waals surface area contributed by atoms with E-state index in [-0.39, 0.29) is 5.88 Å². The van der Waals surface area contributed by atoms with Gasteiger partial charge in [-0.2, -0.15) is 0 Å². The van der Waals surface area contributed by atoms with Crippen molar-refractivity contribution in [3.8, 4) is 11.6 Å². The highest BCUT2D eigenvalue weighted by Crippen LogP contribution is 2.27. The van der Waals surface area contributed by atoms with Crippen LogP contribution in [0, 0.1) is 0 Å². The average Bonchev–Trinajstić information content (AvgIpc) is 2.93. The van der Waals surface area contributed by atoms with Gasteiger partial charge in [0, 0.05) is 5.39 Å².